The predicted molar refractivity (Wildman–Crippen MR) is 116 cm³/mol. The van der Waals surface area contributed by atoms with Crippen LogP contribution in [0.3, 0.4) is 0 Å². The van der Waals surface area contributed by atoms with E-state index >= 15 is 0 Å². The highest BCUT2D eigenvalue weighted by Gasteiger charge is 2.24. The summed E-state index contributed by atoms with van der Waals surface area (Å²) in [7, 11) is 2.99. The fourth-order valence-corrected chi connectivity index (χ4v) is 4.48. The number of carbonyl (C=O) groups excluding carboxylic acids is 2. The Bertz CT molecular complexity index is 1390. The number of ether oxygens (including phenoxy) is 3. The third-order valence-corrected chi connectivity index (χ3v) is 6.23. The van der Waals surface area contributed by atoms with E-state index in [0.717, 1.165) is 0 Å². The molecule has 0 aliphatic carbocycles. The Labute approximate surface area is 185 Å². The molecule has 0 spiro atoms. The van der Waals surface area contributed by atoms with Gasteiger partial charge in [-0.25, -0.2) is 9.18 Å². The average Bonchev–Trinajstić information content (AvgIpc) is 3.49. The summed E-state index contributed by atoms with van der Waals surface area (Å²) in [6.45, 7) is 0.0233. The molecule has 0 bridgehead atoms. The predicted octanol–water partition coefficient (Wildman–Crippen LogP) is 4.21. The van der Waals surface area contributed by atoms with Crippen LogP contribution in [0.5, 0.6) is 11.5 Å². The van der Waals surface area contributed by atoms with Crippen LogP contribution in [0.2, 0.25) is 0 Å². The lowest BCUT2D eigenvalue weighted by Gasteiger charge is -2.10. The van der Waals surface area contributed by atoms with Crippen molar-refractivity contribution in [3.63, 3.8) is 0 Å². The van der Waals surface area contributed by atoms with E-state index in [2.05, 4.69) is 10.4 Å². The minimum absolute atomic E-state index is 0.0233. The first kappa shape index (κ1) is 20.0. The zero-order chi connectivity index (χ0) is 22.4. The molecule has 0 fully saturated rings. The molecule has 1 amide bonds. The monoisotopic (exact) mass is 453 g/mol. The van der Waals surface area contributed by atoms with Gasteiger partial charge in [-0.15, -0.1) is 11.3 Å². The summed E-state index contributed by atoms with van der Waals surface area (Å²) in [4.78, 5) is 26.3. The maximum atomic E-state index is 14.3. The standard InChI is InChI=1S/C22H16FN3O5S/c1-26-21-13(19(25-26)11-5-3-4-6-14(11)23)8-18(32-21)20(27)24-15-9-17-16(30-10-31-17)7-12(15)22(28)29-2/h3-9H,10H2,1-2H3,(H,24,27). The normalized spacial score (nSPS) is 12.2. The number of hydrogen-bond donors (Lipinski definition) is 1. The molecule has 8 nitrogen and oxygen atoms in total. The lowest BCUT2D eigenvalue weighted by Crippen LogP contribution is -2.14. The molecule has 1 aliphatic heterocycles. The van der Waals surface area contributed by atoms with Gasteiger partial charge in [0.2, 0.25) is 6.79 Å². The van der Waals surface area contributed by atoms with Crippen molar-refractivity contribution in [1.29, 1.82) is 0 Å². The van der Waals surface area contributed by atoms with Gasteiger partial charge in [0.1, 0.15) is 16.3 Å². The highest BCUT2D eigenvalue weighted by molar-refractivity contribution is 7.20. The molecule has 2 aromatic heterocycles. The summed E-state index contributed by atoms with van der Waals surface area (Å²) in [6.07, 6.45) is 0. The maximum absolute atomic E-state index is 14.3. The van der Waals surface area contributed by atoms with E-state index < -0.39 is 17.7 Å². The average molecular weight is 453 g/mol. The topological polar surface area (TPSA) is 91.7 Å². The molecular formula is C22H16FN3O5S. The van der Waals surface area contributed by atoms with E-state index in [4.69, 9.17) is 14.2 Å². The minimum atomic E-state index is -0.624. The van der Waals surface area contributed by atoms with Gasteiger partial charge in [0.25, 0.3) is 5.91 Å². The highest BCUT2D eigenvalue weighted by atomic mass is 32.1. The van der Waals surface area contributed by atoms with Crippen molar-refractivity contribution in [2.45, 2.75) is 0 Å². The van der Waals surface area contributed by atoms with Crippen LogP contribution in [0.4, 0.5) is 10.1 Å². The van der Waals surface area contributed by atoms with E-state index in [1.54, 1.807) is 36.0 Å². The number of rotatable bonds is 4. The minimum Gasteiger partial charge on any atom is -0.465 e. The Morgan fingerprint density at radius 3 is 2.69 bits per heavy atom. The molecule has 0 radical (unpaired) electrons. The Morgan fingerprint density at radius 2 is 1.94 bits per heavy atom. The largest absolute Gasteiger partial charge is 0.465 e. The van der Waals surface area contributed by atoms with Crippen LogP contribution in [-0.4, -0.2) is 35.6 Å². The van der Waals surface area contributed by atoms with E-state index in [1.807, 2.05) is 0 Å². The molecule has 5 rings (SSSR count). The van der Waals surface area contributed by atoms with Crippen LogP contribution in [0.25, 0.3) is 21.5 Å². The van der Waals surface area contributed by atoms with Gasteiger partial charge in [-0.05, 0) is 18.2 Å². The van der Waals surface area contributed by atoms with E-state index in [1.165, 1.54) is 36.6 Å². The van der Waals surface area contributed by atoms with Crippen molar-refractivity contribution >= 4 is 39.1 Å². The maximum Gasteiger partial charge on any atom is 0.340 e. The summed E-state index contributed by atoms with van der Waals surface area (Å²) >= 11 is 1.21. The Kier molecular flexibility index (Phi) is 4.78. The van der Waals surface area contributed by atoms with Crippen molar-refractivity contribution in [3.05, 3.63) is 58.7 Å². The number of methoxy groups -OCH3 is 1. The Morgan fingerprint density at radius 1 is 1.19 bits per heavy atom. The third-order valence-electron chi connectivity index (χ3n) is 5.03. The second-order valence-corrected chi connectivity index (χ2v) is 8.01. The number of nitrogens with one attached hydrogen (secondary N) is 1. The SMILES string of the molecule is COC(=O)c1cc2c(cc1NC(=O)c1cc3c(-c4ccccc4F)nn(C)c3s1)OCO2. The summed E-state index contributed by atoms with van der Waals surface area (Å²) in [5.41, 5.74) is 1.18. The van der Waals surface area contributed by atoms with Crippen molar-refractivity contribution in [3.8, 4) is 22.8 Å². The summed E-state index contributed by atoms with van der Waals surface area (Å²) < 4.78 is 31.4. The molecule has 32 heavy (non-hydrogen) atoms. The van der Waals surface area contributed by atoms with Gasteiger partial charge < -0.3 is 19.5 Å². The van der Waals surface area contributed by atoms with Crippen molar-refractivity contribution in [1.82, 2.24) is 9.78 Å². The molecule has 0 unspecified atom stereocenters. The molecule has 0 atom stereocenters. The molecule has 1 N–H and O–H groups in total. The van der Waals surface area contributed by atoms with E-state index in [9.17, 15) is 14.0 Å². The van der Waals surface area contributed by atoms with Crippen LogP contribution in [0.15, 0.2) is 42.5 Å². The molecule has 4 aromatic rings. The molecule has 2 aromatic carbocycles. The first-order chi connectivity index (χ1) is 15.5. The number of thiophene rings is 1. The van der Waals surface area contributed by atoms with Crippen LogP contribution >= 0.6 is 11.3 Å². The highest BCUT2D eigenvalue weighted by Crippen LogP contribution is 2.38. The van der Waals surface area contributed by atoms with Gasteiger partial charge in [0, 0.05) is 30.1 Å². The number of nitrogens with zero attached hydrogens (tertiary/aromatic N) is 2. The summed E-state index contributed by atoms with van der Waals surface area (Å²) in [5.74, 6) is -0.648. The number of aromatic nitrogens is 2. The number of halogens is 1. The second kappa shape index (κ2) is 7.65. The third kappa shape index (κ3) is 3.25. The van der Waals surface area contributed by atoms with Crippen LogP contribution in [0, 0.1) is 5.82 Å². The molecule has 10 heteroatoms. The van der Waals surface area contributed by atoms with Crippen LogP contribution < -0.4 is 14.8 Å². The smallest absolute Gasteiger partial charge is 0.340 e. The zero-order valence-electron chi connectivity index (χ0n) is 17.0. The van der Waals surface area contributed by atoms with Gasteiger partial charge >= 0.3 is 5.97 Å². The lowest BCUT2D eigenvalue weighted by molar-refractivity contribution is 0.0601. The molecule has 0 saturated carbocycles. The number of benzene rings is 2. The van der Waals surface area contributed by atoms with Crippen molar-refractivity contribution in [2.75, 3.05) is 19.2 Å². The number of fused-ring (bicyclic) bond motifs is 2. The molecule has 3 heterocycles. The Hall–Kier alpha value is -3.92. The van der Waals surface area contributed by atoms with Gasteiger partial charge in [-0.2, -0.15) is 5.10 Å². The fraction of sp³-hybridized carbons (Fsp3) is 0.136. The molecule has 0 saturated heterocycles. The molecule has 1 aliphatic rings. The lowest BCUT2D eigenvalue weighted by atomic mass is 10.1. The number of anilines is 1. The summed E-state index contributed by atoms with van der Waals surface area (Å²) in [6, 6.07) is 11.0. The van der Waals surface area contributed by atoms with Crippen molar-refractivity contribution < 1.29 is 28.2 Å². The molecular weight excluding hydrogens is 437 g/mol. The molecule has 162 valence electrons. The zero-order valence-corrected chi connectivity index (χ0v) is 17.8. The van der Waals surface area contributed by atoms with Crippen LogP contribution in [0.1, 0.15) is 20.0 Å². The van der Waals surface area contributed by atoms with Gasteiger partial charge in [0.05, 0.1) is 23.2 Å². The second-order valence-electron chi connectivity index (χ2n) is 6.98. The quantitative estimate of drug-likeness (QED) is 0.466. The van der Waals surface area contributed by atoms with E-state index in [-0.39, 0.29) is 18.0 Å². The van der Waals surface area contributed by atoms with E-state index in [0.29, 0.717) is 37.9 Å². The summed E-state index contributed by atoms with van der Waals surface area (Å²) in [5, 5.41) is 7.82. The number of hydrogen-bond acceptors (Lipinski definition) is 7. The number of aryl methyl sites for hydroxylation is 1. The number of carbonyl (C=O) groups is 2. The van der Waals surface area contributed by atoms with Gasteiger partial charge in [0.15, 0.2) is 11.5 Å². The van der Waals surface area contributed by atoms with Crippen molar-refractivity contribution in [2.24, 2.45) is 7.05 Å². The van der Waals surface area contributed by atoms with Gasteiger partial charge in [-0.1, -0.05) is 12.1 Å². The number of esters is 1. The van der Waals surface area contributed by atoms with Gasteiger partial charge in [-0.3, -0.25) is 9.48 Å². The fourth-order valence-electron chi connectivity index (χ4n) is 3.51. The Balaban J connectivity index is 1.52. The first-order valence-electron chi connectivity index (χ1n) is 9.51. The first-order valence-corrected chi connectivity index (χ1v) is 10.3. The number of amides is 1. The van der Waals surface area contributed by atoms with Crippen LogP contribution in [-0.2, 0) is 11.8 Å².